The minimum absolute atomic E-state index is 0.313. The summed E-state index contributed by atoms with van der Waals surface area (Å²) in [5.41, 5.74) is 1.18. The third-order valence-electron chi connectivity index (χ3n) is 5.75. The van der Waals surface area contributed by atoms with Crippen molar-refractivity contribution in [2.75, 3.05) is 51.2 Å². The van der Waals surface area contributed by atoms with Crippen molar-refractivity contribution in [3.63, 3.8) is 0 Å². The molecule has 7 heteroatoms. The number of piperazine rings is 1. The zero-order valence-corrected chi connectivity index (χ0v) is 17.8. The fourth-order valence-corrected chi connectivity index (χ4v) is 4.35. The van der Waals surface area contributed by atoms with Gasteiger partial charge < -0.3 is 20.0 Å². The zero-order valence-electron chi connectivity index (χ0n) is 17.0. The molecule has 1 aromatic carbocycles. The fourth-order valence-electron chi connectivity index (χ4n) is 4.17. The Morgan fingerprint density at radius 1 is 1.25 bits per heavy atom. The van der Waals surface area contributed by atoms with E-state index in [4.69, 9.17) is 11.6 Å². The van der Waals surface area contributed by atoms with Crippen LogP contribution in [-0.4, -0.2) is 74.0 Å². The predicted octanol–water partition coefficient (Wildman–Crippen LogP) is 2.83. The van der Waals surface area contributed by atoms with Gasteiger partial charge in [0, 0.05) is 69.5 Å². The molecule has 2 heterocycles. The summed E-state index contributed by atoms with van der Waals surface area (Å²) in [7, 11) is 1.84. The lowest BCUT2D eigenvalue weighted by Crippen LogP contribution is -2.53. The number of rotatable bonds is 6. The van der Waals surface area contributed by atoms with Crippen molar-refractivity contribution in [2.24, 2.45) is 4.99 Å². The molecular formula is C21H32ClN5O. The first-order chi connectivity index (χ1) is 13.6. The van der Waals surface area contributed by atoms with Crippen molar-refractivity contribution >= 4 is 29.2 Å². The van der Waals surface area contributed by atoms with Gasteiger partial charge in [0.05, 0.1) is 0 Å². The fraction of sp³-hybridized carbons (Fsp3) is 0.619. The van der Waals surface area contributed by atoms with Crippen molar-refractivity contribution < 1.29 is 4.79 Å². The minimum Gasteiger partial charge on any atom is -0.368 e. The number of benzene rings is 1. The van der Waals surface area contributed by atoms with Crippen molar-refractivity contribution in [3.8, 4) is 0 Å². The van der Waals surface area contributed by atoms with Gasteiger partial charge in [-0.2, -0.15) is 0 Å². The second kappa shape index (κ2) is 10.0. The van der Waals surface area contributed by atoms with Crippen LogP contribution in [0.4, 0.5) is 5.69 Å². The largest absolute Gasteiger partial charge is 0.368 e. The number of guanidine groups is 1. The van der Waals surface area contributed by atoms with Crippen LogP contribution in [-0.2, 0) is 4.79 Å². The Balaban J connectivity index is 1.46. The number of carbonyl (C=O) groups excluding carboxylic acids is 1. The molecule has 0 bridgehead atoms. The van der Waals surface area contributed by atoms with Gasteiger partial charge in [-0.3, -0.25) is 9.79 Å². The summed E-state index contributed by atoms with van der Waals surface area (Å²) in [6.07, 6.45) is 3.68. The molecule has 0 radical (unpaired) electrons. The molecule has 1 amide bonds. The maximum absolute atomic E-state index is 12.0. The van der Waals surface area contributed by atoms with Gasteiger partial charge in [0.1, 0.15) is 0 Å². The van der Waals surface area contributed by atoms with Gasteiger partial charge in [-0.25, -0.2) is 0 Å². The summed E-state index contributed by atoms with van der Waals surface area (Å²) in [5, 5.41) is 4.28. The van der Waals surface area contributed by atoms with E-state index in [-0.39, 0.29) is 0 Å². The number of hydrogen-bond acceptors (Lipinski definition) is 3. The van der Waals surface area contributed by atoms with Crippen LogP contribution in [0.25, 0.3) is 0 Å². The topological polar surface area (TPSA) is 51.2 Å². The number of nitrogens with one attached hydrogen (secondary N) is 1. The standard InChI is InChI=1S/C21H32ClN5O/c1-3-18(27-11-5-8-20(27)28)9-10-24-21(23-2)26-14-12-25(13-15-26)19-7-4-6-17(22)16-19/h4,6-7,16,18H,3,5,8-15H2,1-2H3,(H,23,24). The van der Waals surface area contributed by atoms with Gasteiger partial charge in [-0.15, -0.1) is 0 Å². The van der Waals surface area contributed by atoms with Crippen molar-refractivity contribution in [1.29, 1.82) is 0 Å². The van der Waals surface area contributed by atoms with Crippen molar-refractivity contribution in [3.05, 3.63) is 29.3 Å². The third-order valence-corrected chi connectivity index (χ3v) is 5.98. The molecule has 1 unspecified atom stereocenters. The molecule has 6 nitrogen and oxygen atoms in total. The molecule has 2 aliphatic heterocycles. The predicted molar refractivity (Wildman–Crippen MR) is 116 cm³/mol. The Morgan fingerprint density at radius 3 is 2.64 bits per heavy atom. The highest BCUT2D eigenvalue weighted by Crippen LogP contribution is 2.21. The first-order valence-electron chi connectivity index (χ1n) is 10.4. The van der Waals surface area contributed by atoms with Crippen LogP contribution < -0.4 is 10.2 Å². The summed E-state index contributed by atoms with van der Waals surface area (Å²) in [5.74, 6) is 1.27. The molecule has 3 rings (SSSR count). The van der Waals surface area contributed by atoms with Gasteiger partial charge in [-0.05, 0) is 37.5 Å². The van der Waals surface area contributed by atoms with Crippen LogP contribution in [0.1, 0.15) is 32.6 Å². The highest BCUT2D eigenvalue weighted by Gasteiger charge is 2.26. The summed E-state index contributed by atoms with van der Waals surface area (Å²) in [6, 6.07) is 8.38. The lowest BCUT2D eigenvalue weighted by molar-refractivity contribution is -0.129. The van der Waals surface area contributed by atoms with E-state index in [0.29, 0.717) is 18.4 Å². The first kappa shape index (κ1) is 20.8. The molecule has 1 aromatic rings. The summed E-state index contributed by atoms with van der Waals surface area (Å²) in [6.45, 7) is 7.66. The maximum atomic E-state index is 12.0. The van der Waals surface area contributed by atoms with Crippen LogP contribution in [0.2, 0.25) is 5.02 Å². The Morgan fingerprint density at radius 2 is 2.04 bits per heavy atom. The number of halogens is 1. The van der Waals surface area contributed by atoms with Crippen molar-refractivity contribution in [2.45, 2.75) is 38.6 Å². The molecule has 1 N–H and O–H groups in total. The van der Waals surface area contributed by atoms with Crippen LogP contribution in [0.15, 0.2) is 29.3 Å². The normalized spacial score (nSPS) is 19.3. The van der Waals surface area contributed by atoms with E-state index in [1.54, 1.807) is 0 Å². The number of likely N-dealkylation sites (tertiary alicyclic amines) is 1. The summed E-state index contributed by atoms with van der Waals surface area (Å²) >= 11 is 6.13. The first-order valence-corrected chi connectivity index (χ1v) is 10.8. The monoisotopic (exact) mass is 405 g/mol. The average Bonchev–Trinajstić information content (AvgIpc) is 3.14. The van der Waals surface area contributed by atoms with Gasteiger partial charge in [0.15, 0.2) is 5.96 Å². The molecular weight excluding hydrogens is 374 g/mol. The smallest absolute Gasteiger partial charge is 0.222 e. The van der Waals surface area contributed by atoms with E-state index in [9.17, 15) is 4.79 Å². The minimum atomic E-state index is 0.313. The summed E-state index contributed by atoms with van der Waals surface area (Å²) in [4.78, 5) is 23.2. The second-order valence-electron chi connectivity index (χ2n) is 7.47. The number of hydrogen-bond donors (Lipinski definition) is 1. The Labute approximate surface area is 173 Å². The van der Waals surface area contributed by atoms with E-state index >= 15 is 0 Å². The third kappa shape index (κ3) is 5.10. The molecule has 28 heavy (non-hydrogen) atoms. The molecule has 2 aliphatic rings. The van der Waals surface area contributed by atoms with Gasteiger partial charge in [-0.1, -0.05) is 24.6 Å². The van der Waals surface area contributed by atoms with Crippen molar-refractivity contribution in [1.82, 2.24) is 15.1 Å². The molecule has 0 aromatic heterocycles. The molecule has 154 valence electrons. The molecule has 0 spiro atoms. The number of aliphatic imine (C=N–C) groups is 1. The van der Waals surface area contributed by atoms with Crippen LogP contribution >= 0.6 is 11.6 Å². The Hall–Kier alpha value is -1.95. The van der Waals surface area contributed by atoms with Crippen LogP contribution in [0.5, 0.6) is 0 Å². The number of amides is 1. The molecule has 2 fully saturated rings. The van der Waals surface area contributed by atoms with E-state index in [0.717, 1.165) is 69.5 Å². The lowest BCUT2D eigenvalue weighted by atomic mass is 10.1. The van der Waals surface area contributed by atoms with Gasteiger partial charge in [0.2, 0.25) is 5.91 Å². The maximum Gasteiger partial charge on any atom is 0.222 e. The molecule has 0 saturated carbocycles. The highest BCUT2D eigenvalue weighted by molar-refractivity contribution is 6.30. The van der Waals surface area contributed by atoms with Gasteiger partial charge >= 0.3 is 0 Å². The highest BCUT2D eigenvalue weighted by atomic mass is 35.5. The lowest BCUT2D eigenvalue weighted by Gasteiger charge is -2.38. The Bertz CT molecular complexity index is 687. The molecule has 1 atom stereocenters. The molecule has 0 aliphatic carbocycles. The van der Waals surface area contributed by atoms with Crippen LogP contribution in [0.3, 0.4) is 0 Å². The van der Waals surface area contributed by atoms with E-state index in [2.05, 4.69) is 38.0 Å². The number of nitrogens with zero attached hydrogens (tertiary/aromatic N) is 4. The molecule has 2 saturated heterocycles. The number of anilines is 1. The van der Waals surface area contributed by atoms with E-state index < -0.39 is 0 Å². The van der Waals surface area contributed by atoms with Gasteiger partial charge in [0.25, 0.3) is 0 Å². The SMILES string of the molecule is CCC(CCNC(=NC)N1CCN(c2cccc(Cl)c2)CC1)N1CCCC1=O. The summed E-state index contributed by atoms with van der Waals surface area (Å²) < 4.78 is 0. The second-order valence-corrected chi connectivity index (χ2v) is 7.91. The van der Waals surface area contributed by atoms with Crippen LogP contribution in [0, 0.1) is 0 Å². The number of carbonyl (C=O) groups is 1. The average molecular weight is 406 g/mol. The van der Waals surface area contributed by atoms with E-state index in [1.165, 1.54) is 5.69 Å². The zero-order chi connectivity index (χ0) is 19.9. The quantitative estimate of drug-likeness (QED) is 0.584. The van der Waals surface area contributed by atoms with E-state index in [1.807, 2.05) is 25.2 Å². The Kier molecular flexibility index (Phi) is 7.43.